The summed E-state index contributed by atoms with van der Waals surface area (Å²) in [5.74, 6) is 0.267. The normalized spacial score (nSPS) is 14.9. The Kier molecular flexibility index (Phi) is 4.57. The van der Waals surface area contributed by atoms with E-state index in [2.05, 4.69) is 21.2 Å². The largest absolute Gasteiger partial charge is 0.508 e. The summed E-state index contributed by atoms with van der Waals surface area (Å²) in [6.07, 6.45) is -0.387. The minimum Gasteiger partial charge on any atom is -0.508 e. The lowest BCUT2D eigenvalue weighted by Gasteiger charge is -2.16. The van der Waals surface area contributed by atoms with E-state index in [-0.39, 0.29) is 17.9 Å². The second kappa shape index (κ2) is 5.49. The molecule has 0 aromatic heterocycles. The average molecular weight is 274 g/mol. The fourth-order valence-electron chi connectivity index (χ4n) is 1.33. The molecule has 1 aromatic carbocycles. The Bertz CT molecular complexity index is 328. The number of aliphatic hydroxyl groups is 1. The molecular formula is C11H16BrNO2. The molecule has 0 amide bonds. The summed E-state index contributed by atoms with van der Waals surface area (Å²) < 4.78 is 0.931. The molecular weight excluding hydrogens is 258 g/mol. The Balaban J connectivity index is 2.72. The number of phenolic OH excluding ortho intramolecular Hbond substituents is 1. The Labute approximate surface area is 98.3 Å². The number of phenols is 1. The second-order valence-corrected chi connectivity index (χ2v) is 4.60. The lowest BCUT2D eigenvalue weighted by Crippen LogP contribution is -2.27. The van der Waals surface area contributed by atoms with Gasteiger partial charge < -0.3 is 15.5 Å². The predicted octanol–water partition coefficient (Wildman–Crippen LogP) is 2.19. The number of hydrogen-bond donors (Lipinski definition) is 3. The van der Waals surface area contributed by atoms with E-state index < -0.39 is 0 Å². The van der Waals surface area contributed by atoms with Crippen LogP contribution < -0.4 is 5.32 Å². The molecule has 0 saturated carbocycles. The number of halogens is 1. The van der Waals surface area contributed by atoms with Crippen LogP contribution in [0.5, 0.6) is 5.75 Å². The zero-order valence-electron chi connectivity index (χ0n) is 8.87. The molecule has 0 heterocycles. The summed E-state index contributed by atoms with van der Waals surface area (Å²) in [7, 11) is 0. The van der Waals surface area contributed by atoms with Gasteiger partial charge in [0, 0.05) is 22.6 Å². The predicted molar refractivity (Wildman–Crippen MR) is 63.9 cm³/mol. The summed E-state index contributed by atoms with van der Waals surface area (Å²) in [5.41, 5.74) is 0.824. The van der Waals surface area contributed by atoms with Gasteiger partial charge in [0.1, 0.15) is 5.75 Å². The van der Waals surface area contributed by atoms with E-state index in [1.165, 1.54) is 0 Å². The molecule has 4 heteroatoms. The minimum absolute atomic E-state index is 0.0112. The second-order valence-electron chi connectivity index (χ2n) is 3.68. The number of aliphatic hydroxyl groups excluding tert-OH is 1. The highest BCUT2D eigenvalue weighted by Gasteiger charge is 2.10. The molecule has 84 valence electrons. The quantitative estimate of drug-likeness (QED) is 0.788. The number of rotatable bonds is 4. The van der Waals surface area contributed by atoms with E-state index in [1.54, 1.807) is 19.1 Å². The van der Waals surface area contributed by atoms with Crippen LogP contribution in [0.1, 0.15) is 25.5 Å². The Morgan fingerprint density at radius 1 is 1.40 bits per heavy atom. The fourth-order valence-corrected chi connectivity index (χ4v) is 1.71. The van der Waals surface area contributed by atoms with Crippen LogP contribution in [-0.2, 0) is 0 Å². The van der Waals surface area contributed by atoms with E-state index in [4.69, 9.17) is 5.11 Å². The van der Waals surface area contributed by atoms with Crippen molar-refractivity contribution in [2.75, 3.05) is 6.54 Å². The molecule has 2 atom stereocenters. The van der Waals surface area contributed by atoms with Crippen LogP contribution in [0.2, 0.25) is 0 Å². The highest BCUT2D eigenvalue weighted by molar-refractivity contribution is 9.10. The number of aromatic hydroxyl groups is 1. The van der Waals surface area contributed by atoms with Crippen LogP contribution in [0, 0.1) is 0 Å². The molecule has 1 aromatic rings. The Hall–Kier alpha value is -0.580. The molecule has 1 unspecified atom stereocenters. The molecule has 0 fully saturated rings. The van der Waals surface area contributed by atoms with Gasteiger partial charge in [-0.05, 0) is 32.0 Å². The molecule has 15 heavy (non-hydrogen) atoms. The molecule has 0 spiro atoms. The van der Waals surface area contributed by atoms with E-state index in [1.807, 2.05) is 13.0 Å². The van der Waals surface area contributed by atoms with Gasteiger partial charge in [0.15, 0.2) is 0 Å². The van der Waals surface area contributed by atoms with Crippen molar-refractivity contribution in [3.63, 3.8) is 0 Å². The smallest absolute Gasteiger partial charge is 0.120 e. The summed E-state index contributed by atoms with van der Waals surface area (Å²) in [4.78, 5) is 0. The van der Waals surface area contributed by atoms with Crippen LogP contribution >= 0.6 is 15.9 Å². The summed E-state index contributed by atoms with van der Waals surface area (Å²) in [6, 6.07) is 5.33. The van der Waals surface area contributed by atoms with E-state index in [0.717, 1.165) is 10.0 Å². The van der Waals surface area contributed by atoms with Crippen molar-refractivity contribution >= 4 is 15.9 Å². The molecule has 0 bridgehead atoms. The van der Waals surface area contributed by atoms with E-state index >= 15 is 0 Å². The summed E-state index contributed by atoms with van der Waals surface area (Å²) in [6.45, 7) is 4.18. The molecule has 1 rings (SSSR count). The van der Waals surface area contributed by atoms with E-state index in [9.17, 15) is 5.11 Å². The van der Waals surface area contributed by atoms with Crippen molar-refractivity contribution in [2.45, 2.75) is 26.0 Å². The van der Waals surface area contributed by atoms with Gasteiger partial charge in [0.05, 0.1) is 6.10 Å². The third-order valence-corrected chi connectivity index (χ3v) is 2.67. The van der Waals surface area contributed by atoms with Crippen LogP contribution in [-0.4, -0.2) is 22.9 Å². The zero-order chi connectivity index (χ0) is 11.4. The summed E-state index contributed by atoms with van der Waals surface area (Å²) >= 11 is 3.36. The van der Waals surface area contributed by atoms with Crippen LogP contribution in [0.4, 0.5) is 0 Å². The van der Waals surface area contributed by atoms with Gasteiger partial charge in [-0.2, -0.15) is 0 Å². The first-order valence-electron chi connectivity index (χ1n) is 4.90. The fraction of sp³-hybridized carbons (Fsp3) is 0.455. The lowest BCUT2D eigenvalue weighted by atomic mass is 10.1. The van der Waals surface area contributed by atoms with Crippen molar-refractivity contribution in [3.8, 4) is 5.75 Å². The lowest BCUT2D eigenvalue weighted by molar-refractivity contribution is 0.187. The maximum atomic E-state index is 9.65. The monoisotopic (exact) mass is 273 g/mol. The van der Waals surface area contributed by atoms with Gasteiger partial charge >= 0.3 is 0 Å². The first-order valence-corrected chi connectivity index (χ1v) is 5.70. The first kappa shape index (κ1) is 12.5. The van der Waals surface area contributed by atoms with Crippen molar-refractivity contribution in [2.24, 2.45) is 0 Å². The van der Waals surface area contributed by atoms with Gasteiger partial charge in [-0.15, -0.1) is 0 Å². The number of benzene rings is 1. The maximum absolute atomic E-state index is 9.65. The van der Waals surface area contributed by atoms with Gasteiger partial charge in [-0.25, -0.2) is 0 Å². The van der Waals surface area contributed by atoms with Gasteiger partial charge in [-0.3, -0.25) is 0 Å². The molecule has 3 nitrogen and oxygen atoms in total. The van der Waals surface area contributed by atoms with Crippen molar-refractivity contribution < 1.29 is 10.2 Å². The van der Waals surface area contributed by atoms with Gasteiger partial charge in [0.25, 0.3) is 0 Å². The topological polar surface area (TPSA) is 52.5 Å². The van der Waals surface area contributed by atoms with Crippen molar-refractivity contribution in [1.29, 1.82) is 0 Å². The molecule has 0 aliphatic heterocycles. The Morgan fingerprint density at radius 3 is 2.67 bits per heavy atom. The first-order chi connectivity index (χ1) is 7.00. The van der Waals surface area contributed by atoms with Crippen molar-refractivity contribution in [1.82, 2.24) is 5.32 Å². The summed E-state index contributed by atoms with van der Waals surface area (Å²) in [5, 5.41) is 21.9. The van der Waals surface area contributed by atoms with Crippen LogP contribution in [0.3, 0.4) is 0 Å². The van der Waals surface area contributed by atoms with Gasteiger partial charge in [0.2, 0.25) is 0 Å². The van der Waals surface area contributed by atoms with Crippen LogP contribution in [0.15, 0.2) is 22.7 Å². The highest BCUT2D eigenvalue weighted by atomic mass is 79.9. The maximum Gasteiger partial charge on any atom is 0.120 e. The number of hydrogen-bond acceptors (Lipinski definition) is 3. The molecule has 0 saturated heterocycles. The van der Waals surface area contributed by atoms with Crippen LogP contribution in [0.25, 0.3) is 0 Å². The minimum atomic E-state index is -0.387. The van der Waals surface area contributed by atoms with Crippen molar-refractivity contribution in [3.05, 3.63) is 28.2 Å². The third kappa shape index (κ3) is 3.81. The molecule has 0 aliphatic carbocycles. The molecule has 0 aliphatic rings. The zero-order valence-corrected chi connectivity index (χ0v) is 10.5. The van der Waals surface area contributed by atoms with Gasteiger partial charge in [-0.1, -0.05) is 15.9 Å². The Morgan fingerprint density at radius 2 is 2.07 bits per heavy atom. The molecule has 0 radical (unpaired) electrons. The van der Waals surface area contributed by atoms with E-state index in [0.29, 0.717) is 6.54 Å². The molecule has 3 N–H and O–H groups in total. The average Bonchev–Trinajstić information content (AvgIpc) is 2.18. The standard InChI is InChI=1S/C11H16BrNO2/c1-7(14)6-13-8(2)10-5-9(12)3-4-11(10)15/h3-5,7-8,13-15H,6H2,1-2H3/t7-,8?/m1/s1. The highest BCUT2D eigenvalue weighted by Crippen LogP contribution is 2.27. The number of nitrogens with one attached hydrogen (secondary N) is 1. The SMILES string of the molecule is CC(NC[C@@H](C)O)c1cc(Br)ccc1O. The third-order valence-electron chi connectivity index (χ3n) is 2.18.